The van der Waals surface area contributed by atoms with E-state index < -0.39 is 0 Å². The first kappa shape index (κ1) is 33.6. The molecule has 0 saturated carbocycles. The molecule has 4 atom stereocenters. The number of halogens is 2. The lowest BCUT2D eigenvalue weighted by atomic mass is 9.69. The van der Waals surface area contributed by atoms with E-state index in [2.05, 4.69) is 46.3 Å². The van der Waals surface area contributed by atoms with Crippen LogP contribution in [-0.4, -0.2) is 104 Å². The van der Waals surface area contributed by atoms with Gasteiger partial charge >= 0.3 is 11.9 Å². The van der Waals surface area contributed by atoms with Gasteiger partial charge in [0.1, 0.15) is 13.2 Å². The predicted molar refractivity (Wildman–Crippen MR) is 166 cm³/mol. The molecular weight excluding hydrogens is 595 g/mol. The average molecular weight is 638 g/mol. The van der Waals surface area contributed by atoms with Gasteiger partial charge in [0.2, 0.25) is 0 Å². The molecule has 11 heteroatoms. The van der Waals surface area contributed by atoms with Crippen molar-refractivity contribution in [2.45, 2.75) is 61.8 Å². The van der Waals surface area contributed by atoms with Gasteiger partial charge in [0.25, 0.3) is 0 Å². The monoisotopic (exact) mass is 636 g/mol. The Balaban J connectivity index is 0.000000184. The molecule has 0 unspecified atom stereocenters. The lowest BCUT2D eigenvalue weighted by Gasteiger charge is -2.50. The Labute approximate surface area is 265 Å². The Bertz CT molecular complexity index is 1230. The molecule has 0 saturated heterocycles. The number of carbonyl (C=O) groups excluding carboxylic acids is 2. The van der Waals surface area contributed by atoms with Crippen LogP contribution in [-0.2, 0) is 28.5 Å². The van der Waals surface area contributed by atoms with Crippen LogP contribution < -0.4 is 0 Å². The maximum absolute atomic E-state index is 11.8. The van der Waals surface area contributed by atoms with E-state index in [0.717, 1.165) is 51.9 Å². The van der Waals surface area contributed by atoms with Crippen molar-refractivity contribution in [1.29, 1.82) is 0 Å². The third kappa shape index (κ3) is 5.27. The number of methoxy groups -OCH3 is 2. The topological polar surface area (TPSA) is 109 Å². The molecule has 6 heterocycles. The highest BCUT2D eigenvalue weighted by molar-refractivity contribution is 5.85. The Morgan fingerprint density at radius 2 is 1.16 bits per heavy atom. The first-order valence-electron chi connectivity index (χ1n) is 14.6. The third-order valence-electron chi connectivity index (χ3n) is 10.4. The smallest absolute Gasteiger partial charge is 0.310 e. The van der Waals surface area contributed by atoms with E-state index in [4.69, 9.17) is 18.9 Å². The molecule has 0 aromatic carbocycles. The normalized spacial score (nSPS) is 33.6. The van der Waals surface area contributed by atoms with E-state index in [1.807, 2.05) is 0 Å². The summed E-state index contributed by atoms with van der Waals surface area (Å²) in [6, 6.07) is 0. The Morgan fingerprint density at radius 3 is 1.56 bits per heavy atom. The van der Waals surface area contributed by atoms with E-state index in [9.17, 15) is 9.59 Å². The molecule has 8 aliphatic rings. The molecule has 2 N–H and O–H groups in total. The zero-order valence-corrected chi connectivity index (χ0v) is 26.4. The number of carbonyl (C=O) groups is 2. The maximum Gasteiger partial charge on any atom is 0.310 e. The van der Waals surface area contributed by atoms with Crippen LogP contribution in [0.3, 0.4) is 0 Å². The molecule has 0 radical (unpaired) electrons. The minimum atomic E-state index is -0.109. The number of hydrogen-bond acceptors (Lipinski definition) is 8. The van der Waals surface area contributed by atoms with Crippen LogP contribution in [0.5, 0.6) is 0 Å². The van der Waals surface area contributed by atoms with E-state index in [1.165, 1.54) is 33.4 Å². The van der Waals surface area contributed by atoms with Crippen molar-refractivity contribution in [2.24, 2.45) is 0 Å². The van der Waals surface area contributed by atoms with Crippen LogP contribution in [0.1, 0.15) is 38.5 Å². The van der Waals surface area contributed by atoms with Crippen LogP contribution in [0.4, 0.5) is 0 Å². The third-order valence-corrected chi connectivity index (χ3v) is 10.4. The molecule has 0 aromatic heterocycles. The number of esters is 2. The van der Waals surface area contributed by atoms with Gasteiger partial charge in [0.05, 0.1) is 36.1 Å². The number of rotatable bonds is 2. The van der Waals surface area contributed by atoms with Crippen LogP contribution in [0.25, 0.3) is 0 Å². The Morgan fingerprint density at radius 1 is 0.744 bits per heavy atom. The summed E-state index contributed by atoms with van der Waals surface area (Å²) in [6.07, 6.45) is 18.2. The molecule has 9 nitrogen and oxygen atoms in total. The molecule has 8 rings (SSSR count). The van der Waals surface area contributed by atoms with Crippen molar-refractivity contribution in [3.8, 4) is 0 Å². The number of hydrogen-bond donors (Lipinski definition) is 0. The van der Waals surface area contributed by atoms with Crippen molar-refractivity contribution < 1.29 is 34.0 Å². The quantitative estimate of drug-likeness (QED) is 0.336. The van der Waals surface area contributed by atoms with Crippen molar-refractivity contribution in [2.75, 3.05) is 53.6 Å². The van der Waals surface area contributed by atoms with Gasteiger partial charge in [-0.3, -0.25) is 19.4 Å². The van der Waals surface area contributed by atoms with Crippen molar-refractivity contribution in [1.82, 2.24) is 9.80 Å². The summed E-state index contributed by atoms with van der Waals surface area (Å²) in [5.41, 5.74) is 7.70. The summed E-state index contributed by atoms with van der Waals surface area (Å²) in [5.74, 6) is -0.176. The van der Waals surface area contributed by atoms with E-state index in [-0.39, 0.29) is 65.5 Å². The molecule has 2 spiro atoms. The lowest BCUT2D eigenvalue weighted by molar-refractivity contribution is -0.144. The first-order valence-corrected chi connectivity index (χ1v) is 14.6. The maximum atomic E-state index is 11.8. The highest BCUT2D eigenvalue weighted by Crippen LogP contribution is 2.51. The van der Waals surface area contributed by atoms with Crippen LogP contribution in [0.15, 0.2) is 69.9 Å². The van der Waals surface area contributed by atoms with Crippen LogP contribution >= 0.6 is 24.8 Å². The molecule has 0 amide bonds. The van der Waals surface area contributed by atoms with Crippen LogP contribution in [0, 0.1) is 0 Å². The lowest BCUT2D eigenvalue weighted by Crippen LogP contribution is -2.55. The van der Waals surface area contributed by atoms with Gasteiger partial charge in [-0.2, -0.15) is 0 Å². The number of cyclic esters (lactones) is 2. The van der Waals surface area contributed by atoms with E-state index in [0.29, 0.717) is 26.1 Å². The SMILES string of the molecule is CO[C@H]1C=CC2=CCN3CCC4=C(CC(=O)OC4)[C@]23C1.CO[C@H]1C=CC2=CCN3CCC4=C(CC(=O)OC4)[C@]23C1.Cl.Cl.O. The minimum absolute atomic E-state index is 0. The summed E-state index contributed by atoms with van der Waals surface area (Å²) in [7, 11) is 3.51. The molecule has 0 fully saturated rings. The summed E-state index contributed by atoms with van der Waals surface area (Å²) in [4.78, 5) is 28.6. The fraction of sp³-hybridized carbons (Fsp3) is 0.562. The zero-order valence-electron chi connectivity index (χ0n) is 24.8. The summed E-state index contributed by atoms with van der Waals surface area (Å²) in [5, 5.41) is 0. The van der Waals surface area contributed by atoms with Gasteiger partial charge < -0.3 is 24.4 Å². The second kappa shape index (κ2) is 13.0. The van der Waals surface area contributed by atoms with E-state index in [1.54, 1.807) is 14.2 Å². The van der Waals surface area contributed by atoms with Gasteiger partial charge in [-0.25, -0.2) is 0 Å². The van der Waals surface area contributed by atoms with Crippen LogP contribution in [0.2, 0.25) is 0 Å². The average Bonchev–Trinajstić information content (AvgIpc) is 3.56. The second-order valence-corrected chi connectivity index (χ2v) is 11.9. The fourth-order valence-electron chi connectivity index (χ4n) is 8.36. The highest BCUT2D eigenvalue weighted by atomic mass is 35.5. The second-order valence-electron chi connectivity index (χ2n) is 11.9. The largest absolute Gasteiger partial charge is 0.461 e. The Kier molecular flexibility index (Phi) is 10.2. The summed E-state index contributed by atoms with van der Waals surface area (Å²) >= 11 is 0. The molecular formula is C32H42Cl2N2O7. The molecule has 0 bridgehead atoms. The van der Waals surface area contributed by atoms with Gasteiger partial charge in [-0.1, -0.05) is 36.5 Å². The first-order chi connectivity index (χ1) is 19.5. The number of ether oxygens (including phenoxy) is 4. The van der Waals surface area contributed by atoms with Gasteiger partial charge in [0.15, 0.2) is 0 Å². The predicted octanol–water partition coefficient (Wildman–Crippen LogP) is 3.20. The fourth-order valence-corrected chi connectivity index (χ4v) is 8.36. The van der Waals surface area contributed by atoms with Crippen molar-refractivity contribution >= 4 is 36.8 Å². The summed E-state index contributed by atoms with van der Waals surface area (Å²) in [6.45, 7) is 5.00. The molecule has 0 aromatic rings. The minimum Gasteiger partial charge on any atom is -0.461 e. The Hall–Kier alpha value is -2.24. The van der Waals surface area contributed by atoms with Gasteiger partial charge in [-0.15, -0.1) is 24.8 Å². The van der Waals surface area contributed by atoms with E-state index >= 15 is 0 Å². The molecule has 236 valence electrons. The molecule has 43 heavy (non-hydrogen) atoms. The van der Waals surface area contributed by atoms with Crippen molar-refractivity contribution in [3.63, 3.8) is 0 Å². The van der Waals surface area contributed by atoms with Gasteiger partial charge in [-0.05, 0) is 46.3 Å². The zero-order chi connectivity index (χ0) is 27.5. The number of nitrogens with zero attached hydrogens (tertiary/aromatic N) is 2. The standard InChI is InChI=1S/2C16H19NO3.2ClH.H2O/c2*1-19-13-3-2-12-5-7-17-6-4-11-10-20-15(18)8-14(11)16(12,17)9-13;;;/h2*2-3,5,13H,4,6-10H2,1H3;2*1H;1H2/t2*13-,16-;;;/m00.../s1. The molecule has 6 aliphatic heterocycles. The van der Waals surface area contributed by atoms with Crippen molar-refractivity contribution in [3.05, 3.63) is 69.9 Å². The van der Waals surface area contributed by atoms with Gasteiger partial charge in [0, 0.05) is 53.2 Å². The molecule has 2 aliphatic carbocycles. The summed E-state index contributed by atoms with van der Waals surface area (Å²) < 4.78 is 21.6. The highest BCUT2D eigenvalue weighted by Gasteiger charge is 2.53.